The molecule has 0 atom stereocenters. The van der Waals surface area contributed by atoms with Crippen molar-refractivity contribution in [3.05, 3.63) is 37.2 Å². The molecule has 0 aromatic carbocycles. The molecule has 10 heteroatoms. The van der Waals surface area contributed by atoms with Gasteiger partial charge in [0.15, 0.2) is 0 Å². The average molecular weight is 453 g/mol. The van der Waals surface area contributed by atoms with Crippen LogP contribution in [0.2, 0.25) is 0 Å². The number of hydrogen-bond donors (Lipinski definition) is 2. The summed E-state index contributed by atoms with van der Waals surface area (Å²) in [5.41, 5.74) is 1.75. The molecule has 2 N–H and O–H groups in total. The Bertz CT molecular complexity index is 1150. The normalized spacial score (nSPS) is 15.8. The quantitative estimate of drug-likeness (QED) is 0.579. The second-order valence-electron chi connectivity index (χ2n) is 9.07. The van der Waals surface area contributed by atoms with Gasteiger partial charge in [0.05, 0.1) is 7.11 Å². The standard InChI is InChI=1S/C23H28N6O4/c1-22(2,3)33-21(31)28-23(20(30)32-4)6-9-29(10-7-23)17-5-8-26-19-18(17)16(13-27-19)15-11-24-14-25-12-15/h5,8,11-14H,6-7,9-10H2,1-4H3,(H,26,27)(H,28,31). The zero-order chi connectivity index (χ0) is 23.6. The van der Waals surface area contributed by atoms with Crippen molar-refractivity contribution in [2.75, 3.05) is 25.1 Å². The molecule has 0 bridgehead atoms. The minimum atomic E-state index is -1.14. The molecule has 0 unspecified atom stereocenters. The van der Waals surface area contributed by atoms with Crippen LogP contribution in [-0.4, -0.2) is 63.3 Å². The van der Waals surface area contributed by atoms with Gasteiger partial charge >= 0.3 is 12.1 Å². The third-order valence-electron chi connectivity index (χ3n) is 5.70. The number of hydrogen-bond acceptors (Lipinski definition) is 8. The highest BCUT2D eigenvalue weighted by Crippen LogP contribution is 2.37. The maximum atomic E-state index is 12.7. The van der Waals surface area contributed by atoms with Crippen molar-refractivity contribution >= 4 is 28.8 Å². The van der Waals surface area contributed by atoms with E-state index < -0.39 is 23.2 Å². The first kappa shape index (κ1) is 22.5. The number of aromatic amines is 1. The second-order valence-corrected chi connectivity index (χ2v) is 9.07. The number of nitrogens with zero attached hydrogens (tertiary/aromatic N) is 4. The summed E-state index contributed by atoms with van der Waals surface area (Å²) in [5.74, 6) is -0.475. The number of esters is 1. The number of amides is 1. The average Bonchev–Trinajstić information content (AvgIpc) is 3.23. The molecule has 4 rings (SSSR count). The van der Waals surface area contributed by atoms with Gasteiger partial charge in [-0.1, -0.05) is 0 Å². The number of nitrogens with one attached hydrogen (secondary N) is 2. The van der Waals surface area contributed by atoms with Gasteiger partial charge in [0, 0.05) is 60.1 Å². The van der Waals surface area contributed by atoms with E-state index in [1.807, 2.05) is 12.3 Å². The summed E-state index contributed by atoms with van der Waals surface area (Å²) in [7, 11) is 1.33. The number of pyridine rings is 1. The van der Waals surface area contributed by atoms with Crippen molar-refractivity contribution in [3.8, 4) is 11.1 Å². The molecule has 1 saturated heterocycles. The van der Waals surface area contributed by atoms with Gasteiger partial charge in [-0.15, -0.1) is 0 Å². The third-order valence-corrected chi connectivity index (χ3v) is 5.70. The van der Waals surface area contributed by atoms with Crippen LogP contribution in [0.4, 0.5) is 10.5 Å². The lowest BCUT2D eigenvalue weighted by Gasteiger charge is -2.41. The highest BCUT2D eigenvalue weighted by molar-refractivity contribution is 6.02. The third kappa shape index (κ3) is 4.59. The summed E-state index contributed by atoms with van der Waals surface area (Å²) < 4.78 is 10.4. The smallest absolute Gasteiger partial charge is 0.408 e. The van der Waals surface area contributed by atoms with Gasteiger partial charge in [-0.05, 0) is 39.7 Å². The first-order valence-corrected chi connectivity index (χ1v) is 10.8. The highest BCUT2D eigenvalue weighted by atomic mass is 16.6. The fourth-order valence-electron chi connectivity index (χ4n) is 4.17. The molecule has 4 heterocycles. The number of alkyl carbamates (subject to hydrolysis) is 1. The molecule has 174 valence electrons. The number of anilines is 1. The molecule has 33 heavy (non-hydrogen) atoms. The minimum Gasteiger partial charge on any atom is -0.467 e. The number of carbonyl (C=O) groups is 2. The Hall–Kier alpha value is -3.69. The van der Waals surface area contributed by atoms with E-state index in [0.717, 1.165) is 27.8 Å². The topological polar surface area (TPSA) is 122 Å². The van der Waals surface area contributed by atoms with Crippen LogP contribution in [0.5, 0.6) is 0 Å². The van der Waals surface area contributed by atoms with Crippen LogP contribution >= 0.6 is 0 Å². The predicted octanol–water partition coefficient (Wildman–Crippen LogP) is 3.06. The molecule has 10 nitrogen and oxygen atoms in total. The number of aromatic nitrogens is 4. The van der Waals surface area contributed by atoms with E-state index in [1.165, 1.54) is 13.4 Å². The summed E-state index contributed by atoms with van der Waals surface area (Å²) >= 11 is 0. The van der Waals surface area contributed by atoms with E-state index in [2.05, 4.69) is 30.2 Å². The van der Waals surface area contributed by atoms with Gasteiger partial charge in [0.25, 0.3) is 0 Å². The van der Waals surface area contributed by atoms with E-state index in [0.29, 0.717) is 25.9 Å². The Balaban J connectivity index is 1.61. The Morgan fingerprint density at radius 1 is 1.18 bits per heavy atom. The molecule has 1 amide bonds. The van der Waals surface area contributed by atoms with Crippen molar-refractivity contribution in [3.63, 3.8) is 0 Å². The van der Waals surface area contributed by atoms with Crippen LogP contribution in [-0.2, 0) is 14.3 Å². The largest absolute Gasteiger partial charge is 0.467 e. The van der Waals surface area contributed by atoms with Gasteiger partial charge in [0.1, 0.15) is 23.1 Å². The Morgan fingerprint density at radius 2 is 1.88 bits per heavy atom. The van der Waals surface area contributed by atoms with Gasteiger partial charge in [-0.3, -0.25) is 0 Å². The Labute approximate surface area is 191 Å². The lowest BCUT2D eigenvalue weighted by Crippen LogP contribution is -2.61. The molecule has 3 aromatic heterocycles. The lowest BCUT2D eigenvalue weighted by atomic mass is 9.87. The van der Waals surface area contributed by atoms with E-state index >= 15 is 0 Å². The fraction of sp³-hybridized carbons (Fsp3) is 0.435. The Morgan fingerprint density at radius 3 is 2.52 bits per heavy atom. The molecule has 0 aliphatic carbocycles. The summed E-state index contributed by atoms with van der Waals surface area (Å²) in [6.07, 6.45) is 8.77. The molecule has 1 aliphatic rings. The number of methoxy groups -OCH3 is 1. The molecular weight excluding hydrogens is 424 g/mol. The monoisotopic (exact) mass is 452 g/mol. The zero-order valence-corrected chi connectivity index (χ0v) is 19.2. The maximum Gasteiger partial charge on any atom is 0.408 e. The van der Waals surface area contributed by atoms with Crippen LogP contribution in [0.1, 0.15) is 33.6 Å². The second kappa shape index (κ2) is 8.68. The molecular formula is C23H28N6O4. The molecule has 0 saturated carbocycles. The van der Waals surface area contributed by atoms with Crippen molar-refractivity contribution in [2.24, 2.45) is 0 Å². The molecule has 1 fully saturated rings. The number of ether oxygens (including phenoxy) is 2. The van der Waals surface area contributed by atoms with E-state index in [-0.39, 0.29) is 0 Å². The van der Waals surface area contributed by atoms with Crippen molar-refractivity contribution in [1.82, 2.24) is 25.3 Å². The van der Waals surface area contributed by atoms with Crippen LogP contribution < -0.4 is 10.2 Å². The first-order valence-electron chi connectivity index (χ1n) is 10.8. The summed E-state index contributed by atoms with van der Waals surface area (Å²) in [6, 6.07) is 1.95. The van der Waals surface area contributed by atoms with Crippen LogP contribution in [0.15, 0.2) is 37.2 Å². The van der Waals surface area contributed by atoms with Gasteiger partial charge in [-0.2, -0.15) is 0 Å². The predicted molar refractivity (Wildman–Crippen MR) is 123 cm³/mol. The Kier molecular flexibility index (Phi) is 5.92. The summed E-state index contributed by atoms with van der Waals surface area (Å²) in [6.45, 7) is 6.39. The number of carbonyl (C=O) groups excluding carboxylic acids is 2. The fourth-order valence-corrected chi connectivity index (χ4v) is 4.17. The minimum absolute atomic E-state index is 0.372. The zero-order valence-electron chi connectivity index (χ0n) is 19.2. The molecule has 3 aromatic rings. The summed E-state index contributed by atoms with van der Waals surface area (Å²) in [5, 5.41) is 3.74. The number of H-pyrrole nitrogens is 1. The molecule has 0 radical (unpaired) electrons. The molecule has 1 aliphatic heterocycles. The van der Waals surface area contributed by atoms with Crippen molar-refractivity contribution in [2.45, 2.75) is 44.8 Å². The maximum absolute atomic E-state index is 12.7. The lowest BCUT2D eigenvalue weighted by molar-refractivity contribution is -0.149. The van der Waals surface area contributed by atoms with Crippen molar-refractivity contribution < 1.29 is 19.1 Å². The van der Waals surface area contributed by atoms with Crippen LogP contribution in [0.3, 0.4) is 0 Å². The SMILES string of the molecule is COC(=O)C1(NC(=O)OC(C)(C)C)CCN(c2ccnc3[nH]cc(-c4cncnc4)c23)CC1. The summed E-state index contributed by atoms with van der Waals surface area (Å²) in [4.78, 5) is 43.3. The van der Waals surface area contributed by atoms with E-state index in [9.17, 15) is 9.59 Å². The van der Waals surface area contributed by atoms with Crippen LogP contribution in [0.25, 0.3) is 22.2 Å². The number of fused-ring (bicyclic) bond motifs is 1. The van der Waals surface area contributed by atoms with E-state index in [4.69, 9.17) is 9.47 Å². The van der Waals surface area contributed by atoms with Gasteiger partial charge in [0.2, 0.25) is 0 Å². The number of rotatable bonds is 4. The highest BCUT2D eigenvalue weighted by Gasteiger charge is 2.45. The van der Waals surface area contributed by atoms with Crippen molar-refractivity contribution in [1.29, 1.82) is 0 Å². The number of piperidine rings is 1. The van der Waals surface area contributed by atoms with Gasteiger partial charge < -0.3 is 24.7 Å². The van der Waals surface area contributed by atoms with Gasteiger partial charge in [-0.25, -0.2) is 24.5 Å². The van der Waals surface area contributed by atoms with Crippen LogP contribution in [0, 0.1) is 0 Å². The van der Waals surface area contributed by atoms with E-state index in [1.54, 1.807) is 39.4 Å². The first-order chi connectivity index (χ1) is 15.7. The molecule has 0 spiro atoms.